The van der Waals surface area contributed by atoms with Crippen LogP contribution in [0.1, 0.15) is 25.7 Å². The van der Waals surface area contributed by atoms with Gasteiger partial charge in [0, 0.05) is 24.1 Å². The highest BCUT2D eigenvalue weighted by Gasteiger charge is 2.68. The highest BCUT2D eigenvalue weighted by molar-refractivity contribution is 6.30. The van der Waals surface area contributed by atoms with Gasteiger partial charge in [-0.15, -0.1) is 0 Å². The second kappa shape index (κ2) is 8.07. The molecule has 2 aromatic carbocycles. The van der Waals surface area contributed by atoms with Crippen LogP contribution in [0, 0.1) is 22.9 Å². The van der Waals surface area contributed by atoms with Crippen LogP contribution in [0.4, 0.5) is 13.2 Å². The maximum absolute atomic E-state index is 13.2. The van der Waals surface area contributed by atoms with E-state index in [4.69, 9.17) is 21.1 Å². The zero-order chi connectivity index (χ0) is 22.2. The Kier molecular flexibility index (Phi) is 5.60. The quantitative estimate of drug-likeness (QED) is 0.617. The summed E-state index contributed by atoms with van der Waals surface area (Å²) in [6.45, 7) is -0.446. The lowest BCUT2D eigenvalue weighted by molar-refractivity contribution is -0.173. The maximum atomic E-state index is 13.2. The first-order valence-electron chi connectivity index (χ1n) is 9.66. The van der Waals surface area contributed by atoms with Crippen LogP contribution in [-0.4, -0.2) is 30.4 Å². The van der Waals surface area contributed by atoms with Gasteiger partial charge in [-0.1, -0.05) is 11.6 Å². The van der Waals surface area contributed by atoms with Crippen molar-refractivity contribution < 1.29 is 32.2 Å². The van der Waals surface area contributed by atoms with Gasteiger partial charge in [0.25, 0.3) is 5.91 Å². The number of hydrogen-bond acceptors (Lipinski definition) is 4. The van der Waals surface area contributed by atoms with Crippen LogP contribution in [0.25, 0.3) is 0 Å². The number of benzene rings is 2. The Balaban J connectivity index is 1.17. The van der Waals surface area contributed by atoms with Crippen molar-refractivity contribution in [3.8, 4) is 11.5 Å². The Hall–Kier alpha value is -2.74. The van der Waals surface area contributed by atoms with Crippen LogP contribution in [0.2, 0.25) is 5.02 Å². The van der Waals surface area contributed by atoms with Crippen molar-refractivity contribution in [2.45, 2.75) is 31.2 Å². The summed E-state index contributed by atoms with van der Waals surface area (Å²) in [5, 5.41) is 2.85. The molecule has 0 unspecified atom stereocenters. The van der Waals surface area contributed by atoms with E-state index in [-0.39, 0.29) is 46.6 Å². The van der Waals surface area contributed by atoms with E-state index in [0.29, 0.717) is 31.4 Å². The number of nitrogens with one attached hydrogen (secondary N) is 1. The average molecular weight is 454 g/mol. The second-order valence-electron chi connectivity index (χ2n) is 8.30. The molecule has 0 saturated heterocycles. The normalized spacial score (nSPS) is 23.4. The molecule has 2 bridgehead atoms. The predicted molar refractivity (Wildman–Crippen MR) is 106 cm³/mol. The van der Waals surface area contributed by atoms with Gasteiger partial charge in [0.2, 0.25) is 0 Å². The number of carbonyl (C=O) groups is 2. The molecule has 0 radical (unpaired) electrons. The first-order valence-corrected chi connectivity index (χ1v) is 10.0. The molecule has 0 spiro atoms. The minimum atomic E-state index is -1.03. The van der Waals surface area contributed by atoms with E-state index in [1.165, 1.54) is 18.2 Å². The van der Waals surface area contributed by atoms with Crippen LogP contribution in [0.15, 0.2) is 36.4 Å². The van der Waals surface area contributed by atoms with Gasteiger partial charge in [-0.2, -0.15) is 0 Å². The number of ether oxygens (including phenoxy) is 2. The predicted octanol–water partition coefficient (Wildman–Crippen LogP) is 4.21. The fourth-order valence-corrected chi connectivity index (χ4v) is 4.74. The molecule has 3 aliphatic carbocycles. The van der Waals surface area contributed by atoms with Gasteiger partial charge < -0.3 is 14.8 Å². The highest BCUT2D eigenvalue weighted by atomic mass is 35.5. The molecule has 0 aliphatic heterocycles. The van der Waals surface area contributed by atoms with E-state index < -0.39 is 17.5 Å². The van der Waals surface area contributed by atoms with Crippen molar-refractivity contribution in [3.05, 3.63) is 58.9 Å². The van der Waals surface area contributed by atoms with E-state index >= 15 is 0 Å². The molecule has 0 heterocycles. The van der Waals surface area contributed by atoms with E-state index in [2.05, 4.69) is 5.32 Å². The minimum Gasteiger partial charge on any atom is -0.486 e. The second-order valence-corrected chi connectivity index (χ2v) is 8.71. The molecule has 31 heavy (non-hydrogen) atoms. The van der Waals surface area contributed by atoms with E-state index in [9.17, 15) is 22.8 Å². The number of carbonyl (C=O) groups excluding carboxylic acids is 2. The fraction of sp³-hybridized carbons (Fsp3) is 0.364. The molecule has 9 heteroatoms. The van der Waals surface area contributed by atoms with Crippen molar-refractivity contribution in [1.82, 2.24) is 5.32 Å². The topological polar surface area (TPSA) is 64.6 Å². The lowest BCUT2D eigenvalue weighted by Crippen LogP contribution is -2.75. The summed E-state index contributed by atoms with van der Waals surface area (Å²) in [5.74, 6) is -2.64. The monoisotopic (exact) mass is 453 g/mol. The van der Waals surface area contributed by atoms with Gasteiger partial charge in [0.05, 0.1) is 5.02 Å². The standard InChI is InChI=1S/C22H19ClF3NO4/c23-16-5-14(1-3-17(16)24)31-9-20(29)27-22-10-21(11-22,12-22)7-13(28)8-30-15-2-4-18(25)19(26)6-15/h1-6H,7-12H2,(H,27,29). The maximum Gasteiger partial charge on any atom is 0.258 e. The molecule has 5 nitrogen and oxygen atoms in total. The lowest BCUT2D eigenvalue weighted by Gasteiger charge is -2.70. The molecule has 0 atom stereocenters. The molecule has 3 aliphatic rings. The third kappa shape index (κ3) is 4.63. The smallest absolute Gasteiger partial charge is 0.258 e. The number of halogens is 4. The third-order valence-corrected chi connectivity index (χ3v) is 5.96. The minimum absolute atomic E-state index is 0.0857. The van der Waals surface area contributed by atoms with Crippen molar-refractivity contribution >= 4 is 23.3 Å². The summed E-state index contributed by atoms with van der Waals surface area (Å²) in [7, 11) is 0. The SMILES string of the molecule is O=C(COc1ccc(F)c(F)c1)CC12CC(NC(=O)COc3ccc(F)c(Cl)c3)(C1)C2. The zero-order valence-electron chi connectivity index (χ0n) is 16.4. The summed E-state index contributed by atoms with van der Waals surface area (Å²) in [6.07, 6.45) is 2.36. The van der Waals surface area contributed by atoms with Crippen molar-refractivity contribution in [3.63, 3.8) is 0 Å². The van der Waals surface area contributed by atoms with Crippen LogP contribution in [0.5, 0.6) is 11.5 Å². The molecule has 164 valence electrons. The first-order chi connectivity index (χ1) is 14.7. The Bertz CT molecular complexity index is 946. The lowest BCUT2D eigenvalue weighted by atomic mass is 9.38. The van der Waals surface area contributed by atoms with E-state index in [1.807, 2.05) is 0 Å². The summed E-state index contributed by atoms with van der Waals surface area (Å²) < 4.78 is 49.8. The number of Topliss-reactive ketones (excluding diaryl/α,β-unsaturated/α-hetero) is 1. The van der Waals surface area contributed by atoms with Crippen LogP contribution in [-0.2, 0) is 9.59 Å². The molecule has 3 saturated carbocycles. The van der Waals surface area contributed by atoms with E-state index in [0.717, 1.165) is 18.2 Å². The molecular formula is C22H19ClF3NO4. The van der Waals surface area contributed by atoms with Gasteiger partial charge in [-0.3, -0.25) is 9.59 Å². The van der Waals surface area contributed by atoms with Gasteiger partial charge in [0.15, 0.2) is 24.0 Å². The Morgan fingerprint density at radius 2 is 1.52 bits per heavy atom. The summed E-state index contributed by atoms with van der Waals surface area (Å²) in [5.41, 5.74) is -0.463. The van der Waals surface area contributed by atoms with Gasteiger partial charge in [0.1, 0.15) is 23.9 Å². The van der Waals surface area contributed by atoms with Crippen LogP contribution < -0.4 is 14.8 Å². The number of hydrogen-bond donors (Lipinski definition) is 1. The first kappa shape index (κ1) is 21.5. The Morgan fingerprint density at radius 3 is 2.16 bits per heavy atom. The molecule has 1 amide bonds. The number of amides is 1. The van der Waals surface area contributed by atoms with Crippen molar-refractivity contribution in [2.75, 3.05) is 13.2 Å². The molecule has 5 rings (SSSR count). The largest absolute Gasteiger partial charge is 0.486 e. The summed E-state index contributed by atoms with van der Waals surface area (Å²) in [4.78, 5) is 24.4. The van der Waals surface area contributed by atoms with Gasteiger partial charge in [-0.25, -0.2) is 13.2 Å². The number of rotatable bonds is 9. The van der Waals surface area contributed by atoms with Gasteiger partial charge >= 0.3 is 0 Å². The van der Waals surface area contributed by atoms with E-state index in [1.54, 1.807) is 0 Å². The van der Waals surface area contributed by atoms with Crippen molar-refractivity contribution in [2.24, 2.45) is 5.41 Å². The highest BCUT2D eigenvalue weighted by Crippen LogP contribution is 2.68. The molecular weight excluding hydrogens is 435 g/mol. The van der Waals surface area contributed by atoms with Crippen LogP contribution in [0.3, 0.4) is 0 Å². The zero-order valence-corrected chi connectivity index (χ0v) is 17.1. The Morgan fingerprint density at radius 1 is 0.903 bits per heavy atom. The van der Waals surface area contributed by atoms with Crippen LogP contribution >= 0.6 is 11.6 Å². The van der Waals surface area contributed by atoms with Crippen molar-refractivity contribution in [1.29, 1.82) is 0 Å². The third-order valence-electron chi connectivity index (χ3n) is 5.67. The molecule has 3 fully saturated rings. The van der Waals surface area contributed by atoms with Gasteiger partial charge in [-0.05, 0) is 48.9 Å². The summed E-state index contributed by atoms with van der Waals surface area (Å²) in [6, 6.07) is 6.95. The summed E-state index contributed by atoms with van der Waals surface area (Å²) >= 11 is 5.68. The molecule has 0 aromatic heterocycles. The Labute approximate surface area is 181 Å². The number of ketones is 1. The average Bonchev–Trinajstić information content (AvgIpc) is 2.67. The fourth-order valence-electron chi connectivity index (χ4n) is 4.57. The molecule has 2 aromatic rings. The molecule has 1 N–H and O–H groups in total.